The van der Waals surface area contributed by atoms with Crippen LogP contribution >= 0.6 is 0 Å². The zero-order valence-electron chi connectivity index (χ0n) is 17.7. The van der Waals surface area contributed by atoms with Gasteiger partial charge < -0.3 is 29.6 Å². The van der Waals surface area contributed by atoms with Crippen LogP contribution in [0.5, 0.6) is 11.5 Å². The van der Waals surface area contributed by atoms with Gasteiger partial charge >= 0.3 is 5.97 Å². The van der Waals surface area contributed by atoms with Crippen LogP contribution < -0.4 is 20.1 Å². The maximum absolute atomic E-state index is 12.7. The number of hydrogen-bond donors (Lipinski definition) is 2. The Balaban J connectivity index is 2.15. The van der Waals surface area contributed by atoms with E-state index < -0.39 is 18.5 Å². The van der Waals surface area contributed by atoms with Crippen LogP contribution in [-0.2, 0) is 19.1 Å². The first-order chi connectivity index (χ1) is 14.5. The Labute approximate surface area is 176 Å². The first kappa shape index (κ1) is 23.5. The van der Waals surface area contributed by atoms with E-state index in [2.05, 4.69) is 10.6 Å². The zero-order chi connectivity index (χ0) is 21.9. The molecule has 2 rings (SSSR count). The van der Waals surface area contributed by atoms with Gasteiger partial charge in [0.25, 0.3) is 5.91 Å². The Morgan fingerprint density at radius 1 is 1.00 bits per heavy atom. The lowest BCUT2D eigenvalue weighted by Crippen LogP contribution is -2.31. The van der Waals surface area contributed by atoms with E-state index in [4.69, 9.17) is 18.9 Å². The van der Waals surface area contributed by atoms with Gasteiger partial charge in [0.1, 0.15) is 0 Å². The third-order valence-corrected chi connectivity index (χ3v) is 4.94. The van der Waals surface area contributed by atoms with E-state index in [-0.39, 0.29) is 23.1 Å². The molecular formula is C21H30N2O7. The second-order valence-electron chi connectivity index (χ2n) is 7.00. The smallest absolute Gasteiger partial charge is 0.340 e. The number of nitrogens with one attached hydrogen (secondary N) is 2. The van der Waals surface area contributed by atoms with Crippen LogP contribution in [-0.4, -0.2) is 58.9 Å². The minimum absolute atomic E-state index is 0.0847. The quantitative estimate of drug-likeness (QED) is 0.439. The average molecular weight is 422 g/mol. The molecule has 30 heavy (non-hydrogen) atoms. The summed E-state index contributed by atoms with van der Waals surface area (Å²) in [5.74, 6) is -0.768. The molecule has 9 nitrogen and oxygen atoms in total. The number of methoxy groups -OCH3 is 3. The first-order valence-corrected chi connectivity index (χ1v) is 9.99. The fourth-order valence-electron chi connectivity index (χ4n) is 3.30. The number of amides is 2. The number of esters is 1. The monoisotopic (exact) mass is 422 g/mol. The van der Waals surface area contributed by atoms with Gasteiger partial charge in [-0.25, -0.2) is 4.79 Å². The van der Waals surface area contributed by atoms with Crippen LogP contribution in [0.25, 0.3) is 0 Å². The molecule has 1 aromatic rings. The third kappa shape index (κ3) is 6.62. The molecule has 0 unspecified atom stereocenters. The summed E-state index contributed by atoms with van der Waals surface area (Å²) in [6.45, 7) is 0.214. The second kappa shape index (κ2) is 12.0. The predicted octanol–water partition coefficient (Wildman–Crippen LogP) is 2.14. The summed E-state index contributed by atoms with van der Waals surface area (Å²) in [5.41, 5.74) is 0.342. The van der Waals surface area contributed by atoms with E-state index in [0.29, 0.717) is 24.7 Å². The van der Waals surface area contributed by atoms with Gasteiger partial charge in [0.15, 0.2) is 18.1 Å². The standard InChI is InChI=1S/C21H30N2O7/c1-27-10-9-22-19(24)13-30-21(26)15-11-17(28-2)18(29-3)12-16(15)23-20(25)14-7-5-4-6-8-14/h11-12,14H,4-10,13H2,1-3H3,(H,22,24)(H,23,25). The van der Waals surface area contributed by atoms with Gasteiger partial charge in [-0.2, -0.15) is 0 Å². The molecule has 0 heterocycles. The summed E-state index contributed by atoms with van der Waals surface area (Å²) >= 11 is 0. The fourth-order valence-corrected chi connectivity index (χ4v) is 3.30. The molecule has 0 atom stereocenters. The Bertz CT molecular complexity index is 745. The summed E-state index contributed by atoms with van der Waals surface area (Å²) in [4.78, 5) is 37.1. The zero-order valence-corrected chi connectivity index (χ0v) is 17.7. The molecule has 0 aromatic heterocycles. The number of benzene rings is 1. The van der Waals surface area contributed by atoms with E-state index >= 15 is 0 Å². The highest BCUT2D eigenvalue weighted by molar-refractivity contribution is 6.03. The lowest BCUT2D eigenvalue weighted by molar-refractivity contribution is -0.124. The predicted molar refractivity (Wildman–Crippen MR) is 110 cm³/mol. The van der Waals surface area contributed by atoms with Crippen molar-refractivity contribution in [3.8, 4) is 11.5 Å². The summed E-state index contributed by atoms with van der Waals surface area (Å²) in [5, 5.41) is 5.39. The van der Waals surface area contributed by atoms with Gasteiger partial charge in [0.2, 0.25) is 5.91 Å². The molecule has 2 N–H and O–H groups in total. The van der Waals surface area contributed by atoms with Crippen molar-refractivity contribution in [1.29, 1.82) is 0 Å². The fraction of sp³-hybridized carbons (Fsp3) is 0.571. The number of carbonyl (C=O) groups is 3. The first-order valence-electron chi connectivity index (χ1n) is 9.99. The van der Waals surface area contributed by atoms with Gasteiger partial charge in [-0.15, -0.1) is 0 Å². The third-order valence-electron chi connectivity index (χ3n) is 4.94. The highest BCUT2D eigenvalue weighted by Crippen LogP contribution is 2.34. The molecule has 0 aliphatic heterocycles. The molecule has 0 bridgehead atoms. The number of anilines is 1. The van der Waals surface area contributed by atoms with Crippen LogP contribution in [0.3, 0.4) is 0 Å². The minimum Gasteiger partial charge on any atom is -0.493 e. The van der Waals surface area contributed by atoms with Crippen molar-refractivity contribution in [2.24, 2.45) is 5.92 Å². The lowest BCUT2D eigenvalue weighted by atomic mass is 9.88. The van der Waals surface area contributed by atoms with Crippen LogP contribution in [0, 0.1) is 5.92 Å². The van der Waals surface area contributed by atoms with Crippen LogP contribution in [0.4, 0.5) is 5.69 Å². The molecule has 1 aliphatic rings. The second-order valence-corrected chi connectivity index (χ2v) is 7.00. The van der Waals surface area contributed by atoms with Crippen molar-refractivity contribution in [3.05, 3.63) is 17.7 Å². The van der Waals surface area contributed by atoms with E-state index in [0.717, 1.165) is 32.1 Å². The summed E-state index contributed by atoms with van der Waals surface area (Å²) in [6, 6.07) is 2.95. The molecular weight excluding hydrogens is 392 g/mol. The highest BCUT2D eigenvalue weighted by atomic mass is 16.5. The van der Waals surface area contributed by atoms with Crippen LogP contribution in [0.15, 0.2) is 12.1 Å². The van der Waals surface area contributed by atoms with E-state index in [1.165, 1.54) is 33.5 Å². The van der Waals surface area contributed by atoms with Crippen molar-refractivity contribution in [2.45, 2.75) is 32.1 Å². The Morgan fingerprint density at radius 2 is 1.67 bits per heavy atom. The molecule has 1 saturated carbocycles. The van der Waals surface area contributed by atoms with Crippen molar-refractivity contribution in [2.75, 3.05) is 46.4 Å². The Kier molecular flexibility index (Phi) is 9.40. The van der Waals surface area contributed by atoms with Crippen LogP contribution in [0.2, 0.25) is 0 Å². The molecule has 1 aromatic carbocycles. The van der Waals surface area contributed by atoms with Crippen molar-refractivity contribution in [1.82, 2.24) is 5.32 Å². The molecule has 0 saturated heterocycles. The minimum atomic E-state index is -0.753. The van der Waals surface area contributed by atoms with Gasteiger partial charge in [0, 0.05) is 31.7 Å². The van der Waals surface area contributed by atoms with Gasteiger partial charge in [-0.3, -0.25) is 9.59 Å². The van der Waals surface area contributed by atoms with E-state index in [1.807, 2.05) is 0 Å². The average Bonchev–Trinajstić information content (AvgIpc) is 2.77. The normalized spacial score (nSPS) is 14.0. The van der Waals surface area contributed by atoms with E-state index in [9.17, 15) is 14.4 Å². The van der Waals surface area contributed by atoms with Gasteiger partial charge in [-0.05, 0) is 12.8 Å². The summed E-state index contributed by atoms with van der Waals surface area (Å²) in [6.07, 6.45) is 4.79. The Hall–Kier alpha value is -2.81. The molecule has 0 spiro atoms. The molecule has 0 radical (unpaired) electrons. The molecule has 166 valence electrons. The van der Waals surface area contributed by atoms with Gasteiger partial charge in [0.05, 0.1) is 32.1 Å². The largest absolute Gasteiger partial charge is 0.493 e. The van der Waals surface area contributed by atoms with Crippen LogP contribution in [0.1, 0.15) is 42.5 Å². The maximum atomic E-state index is 12.7. The number of ether oxygens (including phenoxy) is 4. The molecule has 1 aliphatic carbocycles. The lowest BCUT2D eigenvalue weighted by Gasteiger charge is -2.22. The molecule has 9 heteroatoms. The number of carbonyl (C=O) groups excluding carboxylic acids is 3. The number of rotatable bonds is 10. The van der Waals surface area contributed by atoms with Crippen molar-refractivity contribution >= 4 is 23.5 Å². The topological polar surface area (TPSA) is 112 Å². The maximum Gasteiger partial charge on any atom is 0.340 e. The number of hydrogen-bond acceptors (Lipinski definition) is 7. The summed E-state index contributed by atoms with van der Waals surface area (Å²) < 4.78 is 20.5. The highest BCUT2D eigenvalue weighted by Gasteiger charge is 2.25. The van der Waals surface area contributed by atoms with Gasteiger partial charge in [-0.1, -0.05) is 19.3 Å². The van der Waals surface area contributed by atoms with Crippen molar-refractivity contribution in [3.63, 3.8) is 0 Å². The molecule has 1 fully saturated rings. The SMILES string of the molecule is COCCNC(=O)COC(=O)c1cc(OC)c(OC)cc1NC(=O)C1CCCCC1. The van der Waals surface area contributed by atoms with E-state index in [1.54, 1.807) is 0 Å². The molecule has 2 amide bonds. The van der Waals surface area contributed by atoms with Crippen molar-refractivity contribution < 1.29 is 33.3 Å². The summed E-state index contributed by atoms with van der Waals surface area (Å²) in [7, 11) is 4.43. The Morgan fingerprint density at radius 3 is 2.30 bits per heavy atom.